The van der Waals surface area contributed by atoms with Crippen LogP contribution in [-0.2, 0) is 16.0 Å². The van der Waals surface area contributed by atoms with Crippen molar-refractivity contribution in [1.29, 1.82) is 0 Å². The van der Waals surface area contributed by atoms with Gasteiger partial charge in [0.1, 0.15) is 5.76 Å². The number of carboxylic acids is 1. The molecule has 1 fully saturated rings. The summed E-state index contributed by atoms with van der Waals surface area (Å²) in [7, 11) is 1.52. The Morgan fingerprint density at radius 3 is 2.87 bits per heavy atom. The third kappa shape index (κ3) is 3.88. The number of likely N-dealkylation sites (tertiary alicyclic amines) is 1. The number of amides is 2. The van der Waals surface area contributed by atoms with Crippen LogP contribution < -0.4 is 0 Å². The van der Waals surface area contributed by atoms with Crippen LogP contribution in [0, 0.1) is 5.92 Å². The molecule has 2 heterocycles. The molecule has 0 spiro atoms. The molecule has 0 bridgehead atoms. The highest BCUT2D eigenvalue weighted by Gasteiger charge is 2.29. The van der Waals surface area contributed by atoms with Gasteiger partial charge < -0.3 is 19.3 Å². The minimum Gasteiger partial charge on any atom is -0.481 e. The third-order valence-corrected chi connectivity index (χ3v) is 4.01. The van der Waals surface area contributed by atoms with Gasteiger partial charge >= 0.3 is 5.97 Å². The fourth-order valence-electron chi connectivity index (χ4n) is 2.66. The molecule has 1 aliphatic heterocycles. The Morgan fingerprint density at radius 2 is 2.22 bits per heavy atom. The smallest absolute Gasteiger partial charge is 0.308 e. The molecule has 0 aliphatic carbocycles. The maximum Gasteiger partial charge on any atom is 0.308 e. The molecule has 8 heteroatoms. The zero-order valence-corrected chi connectivity index (χ0v) is 13.3. The molecule has 1 aromatic heterocycles. The van der Waals surface area contributed by atoms with Crippen LogP contribution in [-0.4, -0.2) is 64.4 Å². The summed E-state index contributed by atoms with van der Waals surface area (Å²) in [6, 6.07) is 0. The van der Waals surface area contributed by atoms with Crippen molar-refractivity contribution in [1.82, 2.24) is 14.8 Å². The second kappa shape index (κ2) is 7.26. The van der Waals surface area contributed by atoms with E-state index in [1.54, 1.807) is 0 Å². The van der Waals surface area contributed by atoms with E-state index in [4.69, 9.17) is 9.52 Å². The first kappa shape index (κ1) is 17.0. The minimum atomic E-state index is -0.887. The molecule has 0 saturated carbocycles. The molecule has 2 rings (SSSR count). The first-order valence-electron chi connectivity index (χ1n) is 7.62. The number of hydrogen-bond donors (Lipinski definition) is 1. The van der Waals surface area contributed by atoms with Crippen molar-refractivity contribution >= 4 is 17.8 Å². The Kier molecular flexibility index (Phi) is 5.36. The van der Waals surface area contributed by atoms with Crippen LogP contribution in [0.25, 0.3) is 0 Å². The van der Waals surface area contributed by atoms with E-state index in [2.05, 4.69) is 4.98 Å². The van der Waals surface area contributed by atoms with Crippen molar-refractivity contribution < 1.29 is 23.9 Å². The Balaban J connectivity index is 1.96. The van der Waals surface area contributed by atoms with Crippen LogP contribution in [0.3, 0.4) is 0 Å². The maximum absolute atomic E-state index is 12.3. The van der Waals surface area contributed by atoms with Crippen LogP contribution in [0.15, 0.2) is 10.8 Å². The number of oxazole rings is 1. The molecule has 8 nitrogen and oxygen atoms in total. The van der Waals surface area contributed by atoms with E-state index < -0.39 is 11.9 Å². The maximum atomic E-state index is 12.3. The van der Waals surface area contributed by atoms with Gasteiger partial charge in [-0.2, -0.15) is 0 Å². The van der Waals surface area contributed by atoms with Gasteiger partial charge in [-0.05, 0) is 12.8 Å². The number of carbonyl (C=O) groups is 3. The molecular formula is C15H21N3O5. The number of piperidine rings is 1. The summed E-state index contributed by atoms with van der Waals surface area (Å²) in [5.74, 6) is -1.57. The number of aliphatic carboxylic acids is 1. The number of rotatable bonds is 5. The lowest BCUT2D eigenvalue weighted by Gasteiger charge is -2.31. The van der Waals surface area contributed by atoms with Gasteiger partial charge in [0.2, 0.25) is 5.91 Å². The van der Waals surface area contributed by atoms with Crippen molar-refractivity contribution in [2.75, 3.05) is 26.7 Å². The zero-order valence-electron chi connectivity index (χ0n) is 13.3. The molecular weight excluding hydrogens is 302 g/mol. The van der Waals surface area contributed by atoms with Crippen molar-refractivity contribution in [2.45, 2.75) is 26.2 Å². The number of hydrogen-bond acceptors (Lipinski definition) is 5. The fraction of sp³-hybridized carbons (Fsp3) is 0.600. The number of nitrogens with zero attached hydrogens (tertiary/aromatic N) is 3. The van der Waals surface area contributed by atoms with Crippen LogP contribution in [0.4, 0.5) is 0 Å². The molecule has 126 valence electrons. The van der Waals surface area contributed by atoms with Gasteiger partial charge in [-0.1, -0.05) is 6.92 Å². The largest absolute Gasteiger partial charge is 0.481 e. The van der Waals surface area contributed by atoms with E-state index in [0.29, 0.717) is 31.6 Å². The summed E-state index contributed by atoms with van der Waals surface area (Å²) in [5.41, 5.74) is 0.213. The SMILES string of the molecule is CCc1ocnc1C(=O)N(C)CC(=O)N1CCCC(C(=O)O)C1. The van der Waals surface area contributed by atoms with E-state index in [9.17, 15) is 14.4 Å². The Morgan fingerprint density at radius 1 is 1.48 bits per heavy atom. The minimum absolute atomic E-state index is 0.110. The molecule has 1 aliphatic rings. The molecule has 1 atom stereocenters. The predicted molar refractivity (Wildman–Crippen MR) is 79.8 cm³/mol. The van der Waals surface area contributed by atoms with Crippen molar-refractivity contribution in [3.63, 3.8) is 0 Å². The average molecular weight is 323 g/mol. The first-order chi connectivity index (χ1) is 10.9. The molecule has 1 aromatic rings. The number of likely N-dealkylation sites (N-methyl/N-ethyl adjacent to an activating group) is 1. The summed E-state index contributed by atoms with van der Waals surface area (Å²) in [4.78, 5) is 42.4. The van der Waals surface area contributed by atoms with Gasteiger partial charge in [-0.3, -0.25) is 14.4 Å². The summed E-state index contributed by atoms with van der Waals surface area (Å²) in [5, 5.41) is 9.07. The predicted octanol–water partition coefficient (Wildman–Crippen LogP) is 0.632. The molecule has 2 amide bonds. The van der Waals surface area contributed by atoms with E-state index in [1.807, 2.05) is 6.92 Å². The van der Waals surface area contributed by atoms with Gasteiger partial charge in [-0.15, -0.1) is 0 Å². The van der Waals surface area contributed by atoms with Crippen LogP contribution in [0.2, 0.25) is 0 Å². The first-order valence-corrected chi connectivity index (χ1v) is 7.62. The Bertz CT molecular complexity index is 598. The van der Waals surface area contributed by atoms with E-state index >= 15 is 0 Å². The number of aryl methyl sites for hydroxylation is 1. The second-order valence-electron chi connectivity index (χ2n) is 5.66. The van der Waals surface area contributed by atoms with Crippen molar-refractivity contribution in [2.24, 2.45) is 5.92 Å². The number of aromatic nitrogens is 1. The highest BCUT2D eigenvalue weighted by atomic mass is 16.4. The molecule has 0 radical (unpaired) electrons. The monoisotopic (exact) mass is 323 g/mol. The highest BCUT2D eigenvalue weighted by Crippen LogP contribution is 2.17. The van der Waals surface area contributed by atoms with Crippen molar-refractivity contribution in [3.8, 4) is 0 Å². The van der Waals surface area contributed by atoms with Gasteiger partial charge in [0.15, 0.2) is 12.1 Å². The summed E-state index contributed by atoms with van der Waals surface area (Å²) < 4.78 is 5.13. The highest BCUT2D eigenvalue weighted by molar-refractivity contribution is 5.95. The lowest BCUT2D eigenvalue weighted by atomic mass is 9.98. The zero-order chi connectivity index (χ0) is 17.0. The summed E-state index contributed by atoms with van der Waals surface area (Å²) in [6.45, 7) is 2.46. The van der Waals surface area contributed by atoms with Gasteiger partial charge in [0, 0.05) is 26.6 Å². The lowest BCUT2D eigenvalue weighted by Crippen LogP contribution is -2.47. The number of carbonyl (C=O) groups excluding carboxylic acids is 2. The van der Waals surface area contributed by atoms with Gasteiger partial charge in [0.25, 0.3) is 5.91 Å². The second-order valence-corrected chi connectivity index (χ2v) is 5.66. The van der Waals surface area contributed by atoms with Crippen LogP contribution >= 0.6 is 0 Å². The quantitative estimate of drug-likeness (QED) is 0.852. The Hall–Kier alpha value is -2.38. The van der Waals surface area contributed by atoms with Gasteiger partial charge in [0.05, 0.1) is 12.5 Å². The lowest BCUT2D eigenvalue weighted by molar-refractivity contribution is -0.145. The molecule has 0 aromatic carbocycles. The van der Waals surface area contributed by atoms with E-state index in [0.717, 1.165) is 0 Å². The average Bonchev–Trinajstić information content (AvgIpc) is 3.02. The molecule has 23 heavy (non-hydrogen) atoms. The van der Waals surface area contributed by atoms with Crippen LogP contribution in [0.5, 0.6) is 0 Å². The Labute approximate surface area is 134 Å². The van der Waals surface area contributed by atoms with Crippen molar-refractivity contribution in [3.05, 3.63) is 17.8 Å². The molecule has 1 unspecified atom stereocenters. The normalized spacial score (nSPS) is 17.8. The molecule has 1 N–H and O–H groups in total. The summed E-state index contributed by atoms with van der Waals surface area (Å²) >= 11 is 0. The standard InChI is InChI=1S/C15H21N3O5/c1-3-11-13(16-9-23-11)14(20)17(2)8-12(19)18-6-4-5-10(7-18)15(21)22/h9-10H,3-8H2,1-2H3,(H,21,22). The van der Waals surface area contributed by atoms with Gasteiger partial charge in [-0.25, -0.2) is 4.98 Å². The van der Waals surface area contributed by atoms with E-state index in [1.165, 1.54) is 23.2 Å². The topological polar surface area (TPSA) is 104 Å². The molecule has 1 saturated heterocycles. The summed E-state index contributed by atoms with van der Waals surface area (Å²) in [6.07, 6.45) is 2.98. The number of carboxylic acid groups (broad SMARTS) is 1. The van der Waals surface area contributed by atoms with Crippen LogP contribution in [0.1, 0.15) is 36.0 Å². The third-order valence-electron chi connectivity index (χ3n) is 4.01. The van der Waals surface area contributed by atoms with E-state index in [-0.39, 0.29) is 30.6 Å². The fourth-order valence-corrected chi connectivity index (χ4v) is 2.66.